The van der Waals surface area contributed by atoms with E-state index in [1.807, 2.05) is 30.3 Å². The van der Waals surface area contributed by atoms with Crippen molar-refractivity contribution in [2.45, 2.75) is 12.2 Å². The lowest BCUT2D eigenvalue weighted by atomic mass is 9.97. The number of benzene rings is 3. The molecule has 0 aromatic heterocycles. The van der Waals surface area contributed by atoms with Crippen molar-refractivity contribution in [3.63, 3.8) is 0 Å². The van der Waals surface area contributed by atoms with Crippen LogP contribution < -0.4 is 10.1 Å². The Balaban J connectivity index is 1.97. The predicted molar refractivity (Wildman–Crippen MR) is 100 cm³/mol. The molecule has 6 heteroatoms. The summed E-state index contributed by atoms with van der Waals surface area (Å²) < 4.78 is 45.0. The Morgan fingerprint density at radius 2 is 1.43 bits per heavy atom. The fourth-order valence-corrected chi connectivity index (χ4v) is 2.94. The minimum absolute atomic E-state index is 0.413. The lowest BCUT2D eigenvalue weighted by molar-refractivity contribution is -0.137. The summed E-state index contributed by atoms with van der Waals surface area (Å²) in [6, 6.07) is 20.2. The third kappa shape index (κ3) is 4.34. The molecule has 0 heterocycles. The molecule has 1 atom stereocenters. The van der Waals surface area contributed by atoms with Crippen LogP contribution in [-0.2, 0) is 6.18 Å². The van der Waals surface area contributed by atoms with Gasteiger partial charge in [-0.25, -0.2) is 0 Å². The van der Waals surface area contributed by atoms with Crippen molar-refractivity contribution < 1.29 is 22.7 Å². The molecule has 0 aliphatic carbocycles. The molecule has 28 heavy (non-hydrogen) atoms. The molecule has 0 bridgehead atoms. The van der Waals surface area contributed by atoms with Crippen LogP contribution in [0.4, 0.5) is 13.2 Å². The van der Waals surface area contributed by atoms with Gasteiger partial charge >= 0.3 is 6.18 Å². The van der Waals surface area contributed by atoms with Gasteiger partial charge < -0.3 is 10.1 Å². The fourth-order valence-electron chi connectivity index (χ4n) is 2.94. The predicted octanol–water partition coefficient (Wildman–Crippen LogP) is 5.23. The number of methoxy groups -OCH3 is 1. The second kappa shape index (κ2) is 8.17. The normalized spacial score (nSPS) is 12.3. The average molecular weight is 385 g/mol. The molecule has 3 aromatic carbocycles. The van der Waals surface area contributed by atoms with Crippen LogP contribution in [0.3, 0.4) is 0 Å². The van der Waals surface area contributed by atoms with E-state index in [2.05, 4.69) is 5.32 Å². The molecule has 3 nitrogen and oxygen atoms in total. The molecule has 144 valence electrons. The Morgan fingerprint density at radius 3 is 2.04 bits per heavy atom. The van der Waals surface area contributed by atoms with Gasteiger partial charge in [0.2, 0.25) is 0 Å². The second-order valence-corrected chi connectivity index (χ2v) is 6.13. The maximum atomic E-state index is 13.3. The number of ether oxygens (including phenoxy) is 1. The number of rotatable bonds is 5. The van der Waals surface area contributed by atoms with Gasteiger partial charge in [-0.15, -0.1) is 0 Å². The zero-order valence-electron chi connectivity index (χ0n) is 15.0. The van der Waals surface area contributed by atoms with Crippen molar-refractivity contribution in [1.82, 2.24) is 5.32 Å². The number of alkyl halides is 3. The molecular formula is C22H18F3NO2. The first kappa shape index (κ1) is 19.5. The molecule has 3 rings (SSSR count). The molecule has 0 unspecified atom stereocenters. The molecule has 1 amide bonds. The quantitative estimate of drug-likeness (QED) is 0.653. The van der Waals surface area contributed by atoms with Gasteiger partial charge in [0.1, 0.15) is 5.75 Å². The summed E-state index contributed by atoms with van der Waals surface area (Å²) >= 11 is 0. The number of amides is 1. The number of nitrogens with one attached hydrogen (secondary N) is 1. The number of hydrogen-bond acceptors (Lipinski definition) is 2. The largest absolute Gasteiger partial charge is 0.497 e. The highest BCUT2D eigenvalue weighted by Crippen LogP contribution is 2.32. The van der Waals surface area contributed by atoms with Gasteiger partial charge in [-0.3, -0.25) is 4.79 Å². The number of hydrogen-bond donors (Lipinski definition) is 1. The van der Waals surface area contributed by atoms with Crippen LogP contribution in [0.5, 0.6) is 5.75 Å². The minimum atomic E-state index is -4.61. The van der Waals surface area contributed by atoms with E-state index < -0.39 is 29.3 Å². The Morgan fingerprint density at radius 1 is 0.857 bits per heavy atom. The molecule has 0 aliphatic heterocycles. The minimum Gasteiger partial charge on any atom is -0.497 e. The van der Waals surface area contributed by atoms with Gasteiger partial charge in [-0.2, -0.15) is 13.2 Å². The Bertz CT molecular complexity index is 938. The number of carbonyl (C=O) groups excluding carboxylic acids is 1. The van der Waals surface area contributed by atoms with Crippen LogP contribution in [-0.4, -0.2) is 13.0 Å². The van der Waals surface area contributed by atoms with Crippen molar-refractivity contribution in [2.24, 2.45) is 0 Å². The van der Waals surface area contributed by atoms with E-state index in [9.17, 15) is 18.0 Å². The van der Waals surface area contributed by atoms with Crippen molar-refractivity contribution in [3.8, 4) is 5.75 Å². The highest BCUT2D eigenvalue weighted by atomic mass is 19.4. The summed E-state index contributed by atoms with van der Waals surface area (Å²) in [5.41, 5.74) is 0.105. The number of halogens is 3. The Kier molecular flexibility index (Phi) is 5.68. The van der Waals surface area contributed by atoms with Crippen LogP contribution in [0.25, 0.3) is 0 Å². The second-order valence-electron chi connectivity index (χ2n) is 6.13. The molecule has 0 saturated carbocycles. The van der Waals surface area contributed by atoms with Gasteiger partial charge in [0, 0.05) is 0 Å². The highest BCUT2D eigenvalue weighted by Gasteiger charge is 2.35. The molecule has 0 aliphatic rings. The molecular weight excluding hydrogens is 367 g/mol. The Labute approximate surface area is 160 Å². The summed E-state index contributed by atoms with van der Waals surface area (Å²) in [6.07, 6.45) is -4.61. The van der Waals surface area contributed by atoms with Crippen LogP contribution in [0.15, 0.2) is 78.9 Å². The summed E-state index contributed by atoms with van der Waals surface area (Å²) in [6.45, 7) is 0. The molecule has 1 N–H and O–H groups in total. The summed E-state index contributed by atoms with van der Waals surface area (Å²) in [5.74, 6) is -0.151. The standard InChI is InChI=1S/C22H18F3NO2/c1-28-17-13-11-16(12-14-17)20(15-7-3-2-4-8-15)26-21(27)18-9-5-6-10-19(18)22(23,24)25/h2-14,20H,1H3,(H,26,27)/t20-/m0/s1. The summed E-state index contributed by atoms with van der Waals surface area (Å²) in [5, 5.41) is 2.74. The monoisotopic (exact) mass is 385 g/mol. The lowest BCUT2D eigenvalue weighted by Crippen LogP contribution is -2.31. The maximum absolute atomic E-state index is 13.3. The zero-order chi connectivity index (χ0) is 20.1. The van der Waals surface area contributed by atoms with Gasteiger partial charge in [-0.05, 0) is 35.4 Å². The van der Waals surface area contributed by atoms with Crippen LogP contribution in [0.2, 0.25) is 0 Å². The Hall–Kier alpha value is -3.28. The summed E-state index contributed by atoms with van der Waals surface area (Å²) in [4.78, 5) is 12.8. The first-order valence-electron chi connectivity index (χ1n) is 8.56. The number of carbonyl (C=O) groups is 1. The van der Waals surface area contributed by atoms with E-state index in [0.717, 1.165) is 17.2 Å². The van der Waals surface area contributed by atoms with E-state index in [1.165, 1.54) is 18.2 Å². The van der Waals surface area contributed by atoms with Gasteiger partial charge in [0.15, 0.2) is 0 Å². The molecule has 0 radical (unpaired) electrons. The lowest BCUT2D eigenvalue weighted by Gasteiger charge is -2.21. The third-order valence-electron chi connectivity index (χ3n) is 4.33. The molecule has 0 spiro atoms. The topological polar surface area (TPSA) is 38.3 Å². The van der Waals surface area contributed by atoms with Crippen molar-refractivity contribution in [3.05, 3.63) is 101 Å². The van der Waals surface area contributed by atoms with Crippen LogP contribution in [0.1, 0.15) is 33.1 Å². The van der Waals surface area contributed by atoms with E-state index in [4.69, 9.17) is 4.74 Å². The van der Waals surface area contributed by atoms with Crippen LogP contribution >= 0.6 is 0 Å². The van der Waals surface area contributed by atoms with Crippen molar-refractivity contribution in [2.75, 3.05) is 7.11 Å². The first-order chi connectivity index (χ1) is 13.4. The van der Waals surface area contributed by atoms with E-state index >= 15 is 0 Å². The molecule has 3 aromatic rings. The SMILES string of the molecule is COc1ccc([C@@H](NC(=O)c2ccccc2C(F)(F)F)c2ccccc2)cc1. The van der Waals surface area contributed by atoms with Crippen molar-refractivity contribution >= 4 is 5.91 Å². The molecule has 0 fully saturated rings. The summed E-state index contributed by atoms with van der Waals surface area (Å²) in [7, 11) is 1.54. The van der Waals surface area contributed by atoms with Crippen LogP contribution in [0, 0.1) is 0 Å². The maximum Gasteiger partial charge on any atom is 0.417 e. The van der Waals surface area contributed by atoms with E-state index in [1.54, 1.807) is 31.4 Å². The third-order valence-corrected chi connectivity index (χ3v) is 4.33. The fraction of sp³-hybridized carbons (Fsp3) is 0.136. The van der Waals surface area contributed by atoms with Gasteiger partial charge in [-0.1, -0.05) is 54.6 Å². The van der Waals surface area contributed by atoms with E-state index in [0.29, 0.717) is 5.75 Å². The molecule has 0 saturated heterocycles. The van der Waals surface area contributed by atoms with Crippen molar-refractivity contribution in [1.29, 1.82) is 0 Å². The smallest absolute Gasteiger partial charge is 0.417 e. The van der Waals surface area contributed by atoms with Gasteiger partial charge in [0.05, 0.1) is 24.3 Å². The highest BCUT2D eigenvalue weighted by molar-refractivity contribution is 5.96. The average Bonchev–Trinajstić information content (AvgIpc) is 2.72. The van der Waals surface area contributed by atoms with E-state index in [-0.39, 0.29) is 0 Å². The zero-order valence-corrected chi connectivity index (χ0v) is 15.0. The van der Waals surface area contributed by atoms with Gasteiger partial charge in [0.25, 0.3) is 5.91 Å². The first-order valence-corrected chi connectivity index (χ1v) is 8.56.